The zero-order valence-electron chi connectivity index (χ0n) is 11.2. The molecular formula is C13H18Cl2N2O3. The van der Waals surface area contributed by atoms with E-state index in [1.54, 1.807) is 25.3 Å². The van der Waals surface area contributed by atoms with Crippen molar-refractivity contribution in [2.75, 3.05) is 32.2 Å². The van der Waals surface area contributed by atoms with Crippen LogP contribution in [0.2, 0.25) is 10.0 Å². The van der Waals surface area contributed by atoms with Crippen LogP contribution in [-0.2, 0) is 9.53 Å². The van der Waals surface area contributed by atoms with Crippen LogP contribution in [0.4, 0.5) is 5.69 Å². The Morgan fingerprint density at radius 2 is 2.05 bits per heavy atom. The number of aliphatic hydroxyl groups excluding tert-OH is 1. The van der Waals surface area contributed by atoms with Crippen LogP contribution in [0.1, 0.15) is 6.42 Å². The predicted octanol–water partition coefficient (Wildman–Crippen LogP) is 1.92. The molecule has 20 heavy (non-hydrogen) atoms. The van der Waals surface area contributed by atoms with E-state index < -0.39 is 0 Å². The highest BCUT2D eigenvalue weighted by molar-refractivity contribution is 6.39. The second kappa shape index (κ2) is 9.15. The monoisotopic (exact) mass is 320 g/mol. The highest BCUT2D eigenvalue weighted by Gasteiger charge is 2.12. The van der Waals surface area contributed by atoms with Crippen LogP contribution >= 0.6 is 23.2 Å². The molecule has 0 bridgehead atoms. The van der Waals surface area contributed by atoms with E-state index in [0.717, 1.165) is 0 Å². The topological polar surface area (TPSA) is 70.6 Å². The molecule has 0 aliphatic heterocycles. The molecule has 0 aliphatic carbocycles. The van der Waals surface area contributed by atoms with Gasteiger partial charge >= 0.3 is 0 Å². The van der Waals surface area contributed by atoms with Crippen molar-refractivity contribution in [3.05, 3.63) is 28.2 Å². The predicted molar refractivity (Wildman–Crippen MR) is 80.5 cm³/mol. The summed E-state index contributed by atoms with van der Waals surface area (Å²) in [6.45, 7) is 0.523. The Kier molecular flexibility index (Phi) is 7.87. The van der Waals surface area contributed by atoms with E-state index in [1.165, 1.54) is 0 Å². The molecule has 7 heteroatoms. The van der Waals surface area contributed by atoms with E-state index in [0.29, 0.717) is 28.8 Å². The minimum Gasteiger partial charge on any atom is -0.396 e. The standard InChI is InChI=1S/C13H18Cl2N2O3/c1-20-8-9(5-6-18)16-7-12(19)17-13-10(14)3-2-4-11(13)15/h2-4,9,16,18H,5-8H2,1H3,(H,17,19). The van der Waals surface area contributed by atoms with Crippen LogP contribution in [0.25, 0.3) is 0 Å². The minimum absolute atomic E-state index is 0.0268. The third-order valence-corrected chi connectivity index (χ3v) is 3.25. The first-order valence-electron chi connectivity index (χ1n) is 6.15. The normalized spacial score (nSPS) is 12.2. The maximum Gasteiger partial charge on any atom is 0.238 e. The molecule has 112 valence electrons. The first-order valence-corrected chi connectivity index (χ1v) is 6.91. The lowest BCUT2D eigenvalue weighted by molar-refractivity contribution is -0.115. The van der Waals surface area contributed by atoms with Crippen LogP contribution < -0.4 is 10.6 Å². The molecule has 0 heterocycles. The first-order chi connectivity index (χ1) is 9.58. The highest BCUT2D eigenvalue weighted by atomic mass is 35.5. The molecule has 0 radical (unpaired) electrons. The lowest BCUT2D eigenvalue weighted by Crippen LogP contribution is -2.39. The van der Waals surface area contributed by atoms with Crippen LogP contribution in [-0.4, -0.2) is 43.9 Å². The van der Waals surface area contributed by atoms with Crippen molar-refractivity contribution in [3.8, 4) is 0 Å². The molecule has 1 atom stereocenters. The van der Waals surface area contributed by atoms with Gasteiger partial charge in [-0.05, 0) is 18.6 Å². The highest BCUT2D eigenvalue weighted by Crippen LogP contribution is 2.29. The molecular weight excluding hydrogens is 303 g/mol. The quantitative estimate of drug-likeness (QED) is 0.684. The molecule has 0 fully saturated rings. The second-order valence-corrected chi connectivity index (χ2v) is 5.00. The van der Waals surface area contributed by atoms with Crippen molar-refractivity contribution in [1.29, 1.82) is 0 Å². The molecule has 1 amide bonds. The van der Waals surface area contributed by atoms with Gasteiger partial charge in [0, 0.05) is 19.8 Å². The van der Waals surface area contributed by atoms with Crippen molar-refractivity contribution in [2.24, 2.45) is 0 Å². The second-order valence-electron chi connectivity index (χ2n) is 4.19. The Balaban J connectivity index is 2.51. The fourth-order valence-electron chi connectivity index (χ4n) is 1.64. The van der Waals surface area contributed by atoms with Gasteiger partial charge in [-0.1, -0.05) is 29.3 Å². The SMILES string of the molecule is COCC(CCO)NCC(=O)Nc1c(Cl)cccc1Cl. The van der Waals surface area contributed by atoms with Crippen LogP contribution in [0.15, 0.2) is 18.2 Å². The van der Waals surface area contributed by atoms with E-state index in [1.807, 2.05) is 0 Å². The van der Waals surface area contributed by atoms with E-state index >= 15 is 0 Å². The number of hydrogen-bond acceptors (Lipinski definition) is 4. The number of anilines is 1. The first kappa shape index (κ1) is 17.2. The molecule has 0 saturated carbocycles. The van der Waals surface area contributed by atoms with E-state index in [2.05, 4.69) is 10.6 Å². The number of halogens is 2. The lowest BCUT2D eigenvalue weighted by atomic mass is 10.2. The smallest absolute Gasteiger partial charge is 0.238 e. The molecule has 0 aromatic heterocycles. The number of aliphatic hydroxyl groups is 1. The Hall–Kier alpha value is -0.850. The Bertz CT molecular complexity index is 417. The Morgan fingerprint density at radius 3 is 2.60 bits per heavy atom. The maximum atomic E-state index is 11.8. The van der Waals surface area contributed by atoms with Crippen LogP contribution in [0, 0.1) is 0 Å². The van der Waals surface area contributed by atoms with Gasteiger partial charge in [0.05, 0.1) is 28.9 Å². The third-order valence-electron chi connectivity index (χ3n) is 2.62. The number of carbonyl (C=O) groups excluding carboxylic acids is 1. The van der Waals surface area contributed by atoms with Gasteiger partial charge in [-0.15, -0.1) is 0 Å². The average Bonchev–Trinajstić information content (AvgIpc) is 2.41. The van der Waals surface area contributed by atoms with Gasteiger partial charge in [0.15, 0.2) is 0 Å². The summed E-state index contributed by atoms with van der Waals surface area (Å²) in [5.74, 6) is -0.265. The van der Waals surface area contributed by atoms with Crippen molar-refractivity contribution >= 4 is 34.8 Å². The lowest BCUT2D eigenvalue weighted by Gasteiger charge is -2.17. The molecule has 0 aliphatic rings. The van der Waals surface area contributed by atoms with E-state index in [4.69, 9.17) is 33.0 Å². The molecule has 0 spiro atoms. The largest absolute Gasteiger partial charge is 0.396 e. The molecule has 5 nitrogen and oxygen atoms in total. The Morgan fingerprint density at radius 1 is 1.40 bits per heavy atom. The summed E-state index contributed by atoms with van der Waals surface area (Å²) >= 11 is 11.9. The van der Waals surface area contributed by atoms with E-state index in [-0.39, 0.29) is 25.1 Å². The zero-order valence-corrected chi connectivity index (χ0v) is 12.7. The fraction of sp³-hybridized carbons (Fsp3) is 0.462. The summed E-state index contributed by atoms with van der Waals surface area (Å²) in [5, 5.41) is 15.3. The number of rotatable bonds is 8. The summed E-state index contributed by atoms with van der Waals surface area (Å²) in [6.07, 6.45) is 0.508. The average molecular weight is 321 g/mol. The minimum atomic E-state index is -0.265. The van der Waals surface area contributed by atoms with Crippen molar-refractivity contribution < 1.29 is 14.6 Å². The van der Waals surface area contributed by atoms with Gasteiger partial charge in [-0.3, -0.25) is 4.79 Å². The molecule has 1 aromatic carbocycles. The summed E-state index contributed by atoms with van der Waals surface area (Å²) in [4.78, 5) is 11.8. The fourth-order valence-corrected chi connectivity index (χ4v) is 2.13. The maximum absolute atomic E-state index is 11.8. The molecule has 0 saturated heterocycles. The number of ether oxygens (including phenoxy) is 1. The summed E-state index contributed by atoms with van der Waals surface area (Å²) < 4.78 is 5.00. The number of para-hydroxylation sites is 1. The van der Waals surface area contributed by atoms with Crippen molar-refractivity contribution in [3.63, 3.8) is 0 Å². The molecule has 1 aromatic rings. The van der Waals surface area contributed by atoms with Gasteiger partial charge in [0.2, 0.25) is 5.91 Å². The summed E-state index contributed by atoms with van der Waals surface area (Å²) in [5.41, 5.74) is 0.396. The van der Waals surface area contributed by atoms with Gasteiger partial charge in [-0.25, -0.2) is 0 Å². The third kappa shape index (κ3) is 5.64. The number of carbonyl (C=O) groups is 1. The number of nitrogens with one attached hydrogen (secondary N) is 2. The molecule has 1 rings (SSSR count). The van der Waals surface area contributed by atoms with Crippen LogP contribution in [0.5, 0.6) is 0 Å². The van der Waals surface area contributed by atoms with Gasteiger partial charge in [0.1, 0.15) is 0 Å². The van der Waals surface area contributed by atoms with Gasteiger partial charge < -0.3 is 20.5 Å². The molecule has 3 N–H and O–H groups in total. The number of benzene rings is 1. The van der Waals surface area contributed by atoms with Crippen LogP contribution in [0.3, 0.4) is 0 Å². The van der Waals surface area contributed by atoms with Crippen molar-refractivity contribution in [2.45, 2.75) is 12.5 Å². The van der Waals surface area contributed by atoms with Gasteiger partial charge in [-0.2, -0.15) is 0 Å². The number of methoxy groups -OCH3 is 1. The number of hydrogen-bond donors (Lipinski definition) is 3. The number of amides is 1. The summed E-state index contributed by atoms with van der Waals surface area (Å²) in [7, 11) is 1.57. The van der Waals surface area contributed by atoms with E-state index in [9.17, 15) is 4.79 Å². The van der Waals surface area contributed by atoms with Crippen molar-refractivity contribution in [1.82, 2.24) is 5.32 Å². The molecule has 1 unspecified atom stereocenters. The zero-order chi connectivity index (χ0) is 15.0. The van der Waals surface area contributed by atoms with Gasteiger partial charge in [0.25, 0.3) is 0 Å². The Labute approximate surface area is 128 Å². The summed E-state index contributed by atoms with van der Waals surface area (Å²) in [6, 6.07) is 4.91.